The Morgan fingerprint density at radius 3 is 1.09 bits per heavy atom. The van der Waals surface area contributed by atoms with Crippen molar-refractivity contribution in [3.05, 3.63) is 159 Å². The van der Waals surface area contributed by atoms with E-state index in [4.69, 9.17) is 0 Å². The van der Waals surface area contributed by atoms with E-state index < -0.39 is 0 Å². The lowest BCUT2D eigenvalue weighted by Crippen LogP contribution is -2.26. The molecule has 0 unspecified atom stereocenters. The summed E-state index contributed by atoms with van der Waals surface area (Å²) in [5, 5.41) is 5.72. The number of anilines is 3. The smallest absolute Gasteiger partial charge is 0.0468 e. The van der Waals surface area contributed by atoms with Gasteiger partial charge in [0.25, 0.3) is 0 Å². The SMILES string of the molecule is Cc1cc2c3c4c(cccc14)C(C)(C)c1cc(N(c4ccccc4)c4cc5c6c(c4)C(C)(C)c4cccc7c(C)cc(c-6c47)C5(C)C)cc(c1-3)C2(C)C. The Labute approximate surface area is 314 Å². The van der Waals surface area contributed by atoms with Crippen LogP contribution in [0.2, 0.25) is 0 Å². The van der Waals surface area contributed by atoms with Crippen LogP contribution in [0.15, 0.2) is 103 Å². The molecule has 1 heteroatoms. The quantitative estimate of drug-likeness (QED) is 0.179. The van der Waals surface area contributed by atoms with Crippen molar-refractivity contribution in [3.63, 3.8) is 0 Å². The van der Waals surface area contributed by atoms with Gasteiger partial charge in [-0.3, -0.25) is 0 Å². The number of hydrogen-bond donors (Lipinski definition) is 0. The molecule has 260 valence electrons. The maximum absolute atomic E-state index is 2.57. The molecule has 0 N–H and O–H groups in total. The minimum absolute atomic E-state index is 0.132. The summed E-state index contributed by atoms with van der Waals surface area (Å²) in [7, 11) is 0. The Hall–Kier alpha value is -5.14. The van der Waals surface area contributed by atoms with Gasteiger partial charge in [0.2, 0.25) is 0 Å². The van der Waals surface area contributed by atoms with Gasteiger partial charge in [-0.15, -0.1) is 0 Å². The molecule has 4 aliphatic rings. The molecule has 0 heterocycles. The predicted octanol–water partition coefficient (Wildman–Crippen LogP) is 14.0. The number of aryl methyl sites for hydroxylation is 2. The standard InChI is InChI=1S/C52H47N/c1-28-22-37-47-43-33(28)18-14-20-35(43)49(3,4)39-24-31(26-41(45(39)47)51(37,7)8)53(30-16-12-11-13-17-30)32-25-40-46-42(27-32)52(9,10)38-23-29(2)34-19-15-21-36(50(40,5)6)44(34)48(38)46/h11-27H,1-10H3. The van der Waals surface area contributed by atoms with Crippen molar-refractivity contribution in [1.29, 1.82) is 0 Å². The highest BCUT2D eigenvalue weighted by Crippen LogP contribution is 2.63. The van der Waals surface area contributed by atoms with E-state index in [0.717, 1.165) is 0 Å². The van der Waals surface area contributed by atoms with Crippen molar-refractivity contribution >= 4 is 38.6 Å². The topological polar surface area (TPSA) is 3.24 Å². The lowest BCUT2D eigenvalue weighted by Gasteiger charge is -2.38. The van der Waals surface area contributed by atoms with Gasteiger partial charge in [0.15, 0.2) is 0 Å². The molecule has 0 atom stereocenters. The molecule has 0 bridgehead atoms. The molecular formula is C52H47N. The summed E-state index contributed by atoms with van der Waals surface area (Å²) in [6.45, 7) is 24.2. The normalized spacial score (nSPS) is 17.8. The maximum atomic E-state index is 2.57. The van der Waals surface area contributed by atoms with Crippen molar-refractivity contribution in [1.82, 2.24) is 0 Å². The first kappa shape index (κ1) is 31.4. The predicted molar refractivity (Wildman–Crippen MR) is 225 cm³/mol. The third-order valence-corrected chi connectivity index (χ3v) is 14.4. The van der Waals surface area contributed by atoms with Crippen molar-refractivity contribution in [3.8, 4) is 22.3 Å². The highest BCUT2D eigenvalue weighted by atomic mass is 15.1. The second-order valence-corrected chi connectivity index (χ2v) is 18.7. The van der Waals surface area contributed by atoms with Gasteiger partial charge >= 0.3 is 0 Å². The number of nitrogens with zero attached hydrogens (tertiary/aromatic N) is 1. The van der Waals surface area contributed by atoms with Gasteiger partial charge in [-0.1, -0.05) is 122 Å². The molecule has 0 aliphatic heterocycles. The average molecular weight is 686 g/mol. The average Bonchev–Trinajstić information content (AvgIpc) is 3.49. The Morgan fingerprint density at radius 1 is 0.340 bits per heavy atom. The van der Waals surface area contributed by atoms with Gasteiger partial charge in [-0.05, 0) is 150 Å². The molecule has 7 aromatic rings. The Kier molecular flexibility index (Phi) is 5.63. The van der Waals surface area contributed by atoms with Gasteiger partial charge < -0.3 is 4.90 Å². The Bertz CT molecular complexity index is 2660. The largest absolute Gasteiger partial charge is 0.310 e. The van der Waals surface area contributed by atoms with Gasteiger partial charge in [-0.2, -0.15) is 0 Å². The first-order valence-electron chi connectivity index (χ1n) is 19.5. The first-order valence-corrected chi connectivity index (χ1v) is 19.5. The molecule has 0 saturated carbocycles. The van der Waals surface area contributed by atoms with Gasteiger partial charge in [-0.25, -0.2) is 0 Å². The molecule has 1 nitrogen and oxygen atoms in total. The highest BCUT2D eigenvalue weighted by molar-refractivity contribution is 6.11. The van der Waals surface area contributed by atoms with Crippen LogP contribution < -0.4 is 4.90 Å². The third-order valence-electron chi connectivity index (χ3n) is 14.4. The molecule has 4 aliphatic carbocycles. The summed E-state index contributed by atoms with van der Waals surface area (Å²) < 4.78 is 0. The van der Waals surface area contributed by atoms with Crippen LogP contribution >= 0.6 is 0 Å². The zero-order valence-corrected chi connectivity index (χ0v) is 32.8. The molecule has 0 radical (unpaired) electrons. The van der Waals surface area contributed by atoms with Crippen LogP contribution in [0.1, 0.15) is 111 Å². The number of para-hydroxylation sites is 1. The monoisotopic (exact) mass is 685 g/mol. The zero-order chi connectivity index (χ0) is 36.7. The summed E-state index contributed by atoms with van der Waals surface area (Å²) in [4.78, 5) is 2.57. The third kappa shape index (κ3) is 3.56. The number of rotatable bonds is 3. The lowest BCUT2D eigenvalue weighted by atomic mass is 9.68. The van der Waals surface area contributed by atoms with Crippen molar-refractivity contribution in [2.24, 2.45) is 0 Å². The van der Waals surface area contributed by atoms with Gasteiger partial charge in [0.05, 0.1) is 0 Å². The van der Waals surface area contributed by atoms with Crippen LogP contribution in [0.3, 0.4) is 0 Å². The summed E-state index contributed by atoms with van der Waals surface area (Å²) >= 11 is 0. The second kappa shape index (κ2) is 9.50. The molecule has 0 amide bonds. The molecule has 0 spiro atoms. The van der Waals surface area contributed by atoms with Crippen molar-refractivity contribution in [2.45, 2.75) is 90.9 Å². The molecule has 53 heavy (non-hydrogen) atoms. The van der Waals surface area contributed by atoms with E-state index in [0.29, 0.717) is 0 Å². The second-order valence-electron chi connectivity index (χ2n) is 18.7. The minimum Gasteiger partial charge on any atom is -0.310 e. The van der Waals surface area contributed by atoms with Crippen LogP contribution in [0.25, 0.3) is 43.8 Å². The van der Waals surface area contributed by atoms with Crippen LogP contribution in [-0.2, 0) is 21.7 Å². The highest BCUT2D eigenvalue weighted by Gasteiger charge is 2.48. The lowest BCUT2D eigenvalue weighted by molar-refractivity contribution is 0.638. The van der Waals surface area contributed by atoms with E-state index in [1.807, 2.05) is 0 Å². The summed E-state index contributed by atoms with van der Waals surface area (Å²) in [6, 6.07) is 40.2. The Balaban J connectivity index is 1.23. The van der Waals surface area contributed by atoms with Crippen LogP contribution in [-0.4, -0.2) is 0 Å². The van der Waals surface area contributed by atoms with Crippen LogP contribution in [0.5, 0.6) is 0 Å². The number of hydrogen-bond acceptors (Lipinski definition) is 1. The van der Waals surface area contributed by atoms with E-state index in [1.165, 1.54) is 116 Å². The molecule has 11 rings (SSSR count). The summed E-state index contributed by atoms with van der Waals surface area (Å²) in [5.74, 6) is 0. The van der Waals surface area contributed by atoms with Gasteiger partial charge in [0, 0.05) is 38.7 Å². The van der Waals surface area contributed by atoms with E-state index in [9.17, 15) is 0 Å². The van der Waals surface area contributed by atoms with Gasteiger partial charge in [0.1, 0.15) is 0 Å². The van der Waals surface area contributed by atoms with Crippen molar-refractivity contribution in [2.75, 3.05) is 4.90 Å². The minimum atomic E-state index is -0.164. The van der Waals surface area contributed by atoms with Crippen molar-refractivity contribution < 1.29 is 0 Å². The van der Waals surface area contributed by atoms with E-state index >= 15 is 0 Å². The zero-order valence-electron chi connectivity index (χ0n) is 32.8. The van der Waals surface area contributed by atoms with E-state index in [2.05, 4.69) is 177 Å². The molecular weight excluding hydrogens is 639 g/mol. The summed E-state index contributed by atoms with van der Waals surface area (Å²) in [5.41, 5.74) is 23.3. The fourth-order valence-electron chi connectivity index (χ4n) is 11.5. The molecule has 0 fully saturated rings. The maximum Gasteiger partial charge on any atom is 0.0468 e. The van der Waals surface area contributed by atoms with Crippen LogP contribution in [0, 0.1) is 13.8 Å². The number of benzene rings is 7. The molecule has 0 saturated heterocycles. The molecule has 7 aromatic carbocycles. The van der Waals surface area contributed by atoms with Crippen LogP contribution in [0.4, 0.5) is 17.1 Å². The fraction of sp³-hybridized carbons (Fsp3) is 0.269. The first-order chi connectivity index (χ1) is 25.1. The van der Waals surface area contributed by atoms with E-state index in [-0.39, 0.29) is 21.7 Å². The molecule has 0 aromatic heterocycles. The summed E-state index contributed by atoms with van der Waals surface area (Å²) in [6.07, 6.45) is 0. The Morgan fingerprint density at radius 2 is 0.698 bits per heavy atom. The van der Waals surface area contributed by atoms with E-state index in [1.54, 1.807) is 0 Å². The fourth-order valence-corrected chi connectivity index (χ4v) is 11.5.